The highest BCUT2D eigenvalue weighted by Crippen LogP contribution is 2.17. The number of ether oxygens (including phenoxy) is 1. The fraction of sp³-hybridized carbons (Fsp3) is 0.938. The van der Waals surface area contributed by atoms with E-state index >= 15 is 0 Å². The van der Waals surface area contributed by atoms with Gasteiger partial charge in [-0.2, -0.15) is 0 Å². The molecule has 0 radical (unpaired) electrons. The van der Waals surface area contributed by atoms with Gasteiger partial charge >= 0.3 is 0 Å². The van der Waals surface area contributed by atoms with Gasteiger partial charge in [-0.1, -0.05) is 13.8 Å². The lowest BCUT2D eigenvalue weighted by atomic mass is 9.97. The molecule has 0 aromatic carbocycles. The van der Waals surface area contributed by atoms with Crippen LogP contribution in [-0.2, 0) is 4.74 Å². The number of rotatable bonds is 8. The first kappa shape index (κ1) is 21.9. The van der Waals surface area contributed by atoms with E-state index in [2.05, 4.69) is 36.3 Å². The third-order valence-corrected chi connectivity index (χ3v) is 3.68. The first-order valence-electron chi connectivity index (χ1n) is 8.39. The number of hydrogen-bond acceptors (Lipinski definition) is 3. The van der Waals surface area contributed by atoms with Crippen molar-refractivity contribution in [3.63, 3.8) is 0 Å². The molecule has 0 bridgehead atoms. The van der Waals surface area contributed by atoms with Gasteiger partial charge in [0.25, 0.3) is 0 Å². The van der Waals surface area contributed by atoms with Gasteiger partial charge in [-0.05, 0) is 38.1 Å². The summed E-state index contributed by atoms with van der Waals surface area (Å²) in [7, 11) is 1.72. The predicted molar refractivity (Wildman–Crippen MR) is 105 cm³/mol. The summed E-state index contributed by atoms with van der Waals surface area (Å²) in [5, 5.41) is 6.60. The van der Waals surface area contributed by atoms with Gasteiger partial charge in [-0.3, -0.25) is 4.99 Å². The number of halogens is 1. The average Bonchev–Trinajstić information content (AvgIpc) is 2.44. The molecule has 6 heteroatoms. The minimum Gasteiger partial charge on any atom is -0.383 e. The van der Waals surface area contributed by atoms with Crippen molar-refractivity contribution in [3.05, 3.63) is 0 Å². The van der Waals surface area contributed by atoms with E-state index < -0.39 is 0 Å². The fourth-order valence-corrected chi connectivity index (χ4v) is 2.82. The summed E-state index contributed by atoms with van der Waals surface area (Å²) in [5.74, 6) is 2.35. The summed E-state index contributed by atoms with van der Waals surface area (Å²) >= 11 is 0. The molecule has 0 aliphatic carbocycles. The number of aliphatic imine (C=N–C) groups is 1. The highest BCUT2D eigenvalue weighted by atomic mass is 127. The van der Waals surface area contributed by atoms with Gasteiger partial charge in [0.05, 0.1) is 6.61 Å². The summed E-state index contributed by atoms with van der Waals surface area (Å²) in [6, 6.07) is 0. The highest BCUT2D eigenvalue weighted by Gasteiger charge is 2.20. The Morgan fingerprint density at radius 3 is 2.77 bits per heavy atom. The third-order valence-electron chi connectivity index (χ3n) is 3.68. The van der Waals surface area contributed by atoms with Crippen LogP contribution in [-0.4, -0.2) is 63.8 Å². The van der Waals surface area contributed by atoms with Crippen molar-refractivity contribution in [1.82, 2.24) is 15.5 Å². The molecule has 5 nitrogen and oxygen atoms in total. The standard InChI is InChI=1S/C16H34N4O.HI/c1-5-17-16(18-8-10-21-4)19-11-15-7-6-9-20(13-15)12-14(2)3;/h14-15H,5-13H2,1-4H3,(H2,17,18,19);1H. The van der Waals surface area contributed by atoms with Crippen molar-refractivity contribution in [2.75, 3.05) is 53.0 Å². The Hall–Kier alpha value is -0.0800. The fourth-order valence-electron chi connectivity index (χ4n) is 2.82. The SMILES string of the molecule is CCNC(=NCC1CCCN(CC(C)C)C1)NCCOC.I. The van der Waals surface area contributed by atoms with E-state index in [0.29, 0.717) is 12.5 Å². The maximum Gasteiger partial charge on any atom is 0.191 e. The van der Waals surface area contributed by atoms with Crippen molar-refractivity contribution >= 4 is 29.9 Å². The molecule has 1 rings (SSSR count). The minimum absolute atomic E-state index is 0. The van der Waals surface area contributed by atoms with Crippen LogP contribution in [0.5, 0.6) is 0 Å². The number of piperidine rings is 1. The molecule has 22 heavy (non-hydrogen) atoms. The molecular formula is C16H35IN4O. The normalized spacial score (nSPS) is 19.9. The molecule has 2 N–H and O–H groups in total. The largest absolute Gasteiger partial charge is 0.383 e. The first-order chi connectivity index (χ1) is 10.2. The predicted octanol–water partition coefficient (Wildman–Crippen LogP) is 2.17. The van der Waals surface area contributed by atoms with Crippen molar-refractivity contribution in [1.29, 1.82) is 0 Å². The summed E-state index contributed by atoms with van der Waals surface area (Å²) in [6.45, 7) is 13.7. The van der Waals surface area contributed by atoms with Crippen molar-refractivity contribution in [3.8, 4) is 0 Å². The van der Waals surface area contributed by atoms with E-state index in [1.165, 1.54) is 32.5 Å². The zero-order valence-corrected chi connectivity index (χ0v) is 17.1. The molecule has 0 spiro atoms. The van der Waals surface area contributed by atoms with Gasteiger partial charge in [0.1, 0.15) is 0 Å². The molecule has 1 unspecified atom stereocenters. The second kappa shape index (κ2) is 13.4. The maximum absolute atomic E-state index is 5.06. The van der Waals surface area contributed by atoms with E-state index in [-0.39, 0.29) is 24.0 Å². The molecule has 1 atom stereocenters. The van der Waals surface area contributed by atoms with Gasteiger partial charge < -0.3 is 20.3 Å². The number of guanidine groups is 1. The number of nitrogens with zero attached hydrogens (tertiary/aromatic N) is 2. The smallest absolute Gasteiger partial charge is 0.191 e. The molecular weight excluding hydrogens is 391 g/mol. The molecule has 1 saturated heterocycles. The van der Waals surface area contributed by atoms with E-state index in [0.717, 1.165) is 31.5 Å². The summed E-state index contributed by atoms with van der Waals surface area (Å²) < 4.78 is 5.06. The van der Waals surface area contributed by atoms with Crippen LogP contribution in [0.25, 0.3) is 0 Å². The van der Waals surface area contributed by atoms with Crippen LogP contribution in [0.2, 0.25) is 0 Å². The molecule has 0 amide bonds. The molecule has 0 saturated carbocycles. The number of likely N-dealkylation sites (tertiary alicyclic amines) is 1. The van der Waals surface area contributed by atoms with Crippen molar-refractivity contribution < 1.29 is 4.74 Å². The Labute approximate surface area is 153 Å². The summed E-state index contributed by atoms with van der Waals surface area (Å²) in [6.07, 6.45) is 2.61. The number of hydrogen-bond donors (Lipinski definition) is 2. The van der Waals surface area contributed by atoms with Gasteiger partial charge in [0.15, 0.2) is 5.96 Å². The van der Waals surface area contributed by atoms with E-state index in [4.69, 9.17) is 9.73 Å². The maximum atomic E-state index is 5.06. The zero-order chi connectivity index (χ0) is 15.5. The van der Waals surface area contributed by atoms with Gasteiger partial charge in [0.2, 0.25) is 0 Å². The number of methoxy groups -OCH3 is 1. The lowest BCUT2D eigenvalue weighted by Crippen LogP contribution is -2.41. The van der Waals surface area contributed by atoms with Crippen LogP contribution in [0.3, 0.4) is 0 Å². The zero-order valence-electron chi connectivity index (χ0n) is 14.7. The Kier molecular flexibility index (Phi) is 13.3. The molecule has 0 aromatic rings. The van der Waals surface area contributed by atoms with Crippen LogP contribution in [0.15, 0.2) is 4.99 Å². The lowest BCUT2D eigenvalue weighted by molar-refractivity contribution is 0.162. The van der Waals surface area contributed by atoms with Crippen LogP contribution < -0.4 is 10.6 Å². The molecule has 1 aliphatic rings. The third kappa shape index (κ3) is 9.84. The summed E-state index contributed by atoms with van der Waals surface area (Å²) in [5.41, 5.74) is 0. The second-order valence-electron chi connectivity index (χ2n) is 6.30. The Bertz CT molecular complexity index is 300. The van der Waals surface area contributed by atoms with E-state index in [9.17, 15) is 0 Å². The van der Waals surface area contributed by atoms with Crippen LogP contribution in [0, 0.1) is 11.8 Å². The number of nitrogens with one attached hydrogen (secondary N) is 2. The monoisotopic (exact) mass is 426 g/mol. The van der Waals surface area contributed by atoms with Gasteiger partial charge in [-0.25, -0.2) is 0 Å². The molecule has 1 aliphatic heterocycles. The Balaban J connectivity index is 0.00000441. The summed E-state index contributed by atoms with van der Waals surface area (Å²) in [4.78, 5) is 7.33. The van der Waals surface area contributed by atoms with Crippen LogP contribution in [0.1, 0.15) is 33.6 Å². The highest BCUT2D eigenvalue weighted by molar-refractivity contribution is 14.0. The van der Waals surface area contributed by atoms with Gasteiger partial charge in [-0.15, -0.1) is 24.0 Å². The Morgan fingerprint density at radius 1 is 1.36 bits per heavy atom. The van der Waals surface area contributed by atoms with Crippen molar-refractivity contribution in [2.45, 2.75) is 33.6 Å². The van der Waals surface area contributed by atoms with Crippen molar-refractivity contribution in [2.24, 2.45) is 16.8 Å². The second-order valence-corrected chi connectivity index (χ2v) is 6.30. The van der Waals surface area contributed by atoms with E-state index in [1.807, 2.05) is 0 Å². The molecule has 1 fully saturated rings. The average molecular weight is 426 g/mol. The van der Waals surface area contributed by atoms with Crippen LogP contribution in [0.4, 0.5) is 0 Å². The molecule has 132 valence electrons. The van der Waals surface area contributed by atoms with Crippen LogP contribution >= 0.6 is 24.0 Å². The topological polar surface area (TPSA) is 48.9 Å². The Morgan fingerprint density at radius 2 is 2.14 bits per heavy atom. The first-order valence-corrected chi connectivity index (χ1v) is 8.39. The van der Waals surface area contributed by atoms with E-state index in [1.54, 1.807) is 7.11 Å². The molecule has 0 aromatic heterocycles. The molecule has 1 heterocycles. The van der Waals surface area contributed by atoms with Gasteiger partial charge in [0, 0.05) is 39.8 Å². The minimum atomic E-state index is 0. The quantitative estimate of drug-likeness (QED) is 0.270. The lowest BCUT2D eigenvalue weighted by Gasteiger charge is -2.33.